The smallest absolute Gasteiger partial charge is 0.294 e. The molecule has 206 valence electrons. The minimum atomic E-state index is -0.474. The van der Waals surface area contributed by atoms with Crippen molar-refractivity contribution in [1.82, 2.24) is 20.2 Å². The number of nitrogens with two attached hydrogens (primary N) is 2. The van der Waals surface area contributed by atoms with E-state index in [1.54, 1.807) is 42.5 Å². The number of benzene rings is 2. The molecular formula is C28H36N8O3. The van der Waals surface area contributed by atoms with Crippen molar-refractivity contribution in [3.63, 3.8) is 0 Å². The van der Waals surface area contributed by atoms with Gasteiger partial charge in [-0.1, -0.05) is 37.6 Å². The Labute approximate surface area is 227 Å². The normalized spacial score (nSPS) is 10.8. The molecule has 0 fully saturated rings. The van der Waals surface area contributed by atoms with Gasteiger partial charge in [0.05, 0.1) is 11.9 Å². The van der Waals surface area contributed by atoms with Crippen molar-refractivity contribution in [3.05, 3.63) is 75.7 Å². The number of nitrogens with zero attached hydrogens (tertiary/aromatic N) is 2. The van der Waals surface area contributed by atoms with Gasteiger partial charge in [0.1, 0.15) is 12.4 Å². The third-order valence-corrected chi connectivity index (χ3v) is 5.87. The fraction of sp³-hybridized carbons (Fsp3) is 0.321. The SMILES string of the molecule is CCCCNC(=O)c1cc(N)cc(-c2cnc(NC(C)C)c(=O)n2CC(=O)NCc2ccc(C(=N)N)cc2)c1. The average molecular weight is 533 g/mol. The summed E-state index contributed by atoms with van der Waals surface area (Å²) in [4.78, 5) is 43.4. The fourth-order valence-electron chi connectivity index (χ4n) is 3.86. The maximum atomic E-state index is 13.4. The van der Waals surface area contributed by atoms with Crippen LogP contribution in [0.15, 0.2) is 53.5 Å². The summed E-state index contributed by atoms with van der Waals surface area (Å²) in [7, 11) is 0. The summed E-state index contributed by atoms with van der Waals surface area (Å²) in [5.41, 5.74) is 14.1. The van der Waals surface area contributed by atoms with Crippen molar-refractivity contribution in [3.8, 4) is 11.3 Å². The third-order valence-electron chi connectivity index (χ3n) is 5.87. The second-order valence-electron chi connectivity index (χ2n) is 9.52. The number of unbranched alkanes of at least 4 members (excludes halogenated alkanes) is 1. The number of amidine groups is 1. The van der Waals surface area contributed by atoms with Crippen molar-refractivity contribution in [2.75, 3.05) is 17.6 Å². The zero-order valence-corrected chi connectivity index (χ0v) is 22.5. The van der Waals surface area contributed by atoms with Crippen LogP contribution in [0.2, 0.25) is 0 Å². The van der Waals surface area contributed by atoms with Crippen molar-refractivity contribution in [1.29, 1.82) is 5.41 Å². The van der Waals surface area contributed by atoms with E-state index in [1.165, 1.54) is 10.8 Å². The van der Waals surface area contributed by atoms with Gasteiger partial charge in [-0.3, -0.25) is 24.4 Å². The number of hydrogen-bond acceptors (Lipinski definition) is 7. The first-order chi connectivity index (χ1) is 18.6. The molecule has 0 aliphatic rings. The molecule has 0 aliphatic heterocycles. The number of anilines is 2. The van der Waals surface area contributed by atoms with E-state index in [0.29, 0.717) is 34.6 Å². The highest BCUT2D eigenvalue weighted by atomic mass is 16.2. The second-order valence-corrected chi connectivity index (χ2v) is 9.52. The number of aromatic nitrogens is 2. The van der Waals surface area contributed by atoms with Crippen LogP contribution in [-0.4, -0.2) is 39.8 Å². The van der Waals surface area contributed by atoms with Crippen LogP contribution in [0.25, 0.3) is 11.3 Å². The molecule has 0 unspecified atom stereocenters. The number of nitrogens with one attached hydrogen (secondary N) is 4. The van der Waals surface area contributed by atoms with Crippen molar-refractivity contribution >= 4 is 29.2 Å². The lowest BCUT2D eigenvalue weighted by molar-refractivity contribution is -0.121. The highest BCUT2D eigenvalue weighted by molar-refractivity contribution is 5.96. The summed E-state index contributed by atoms with van der Waals surface area (Å²) in [5.74, 6) is -0.588. The molecule has 8 N–H and O–H groups in total. The molecule has 3 aromatic rings. The minimum Gasteiger partial charge on any atom is -0.399 e. The molecule has 39 heavy (non-hydrogen) atoms. The molecule has 0 saturated heterocycles. The van der Waals surface area contributed by atoms with Gasteiger partial charge in [-0.25, -0.2) is 4.98 Å². The largest absolute Gasteiger partial charge is 0.399 e. The number of carbonyl (C=O) groups excluding carboxylic acids is 2. The van der Waals surface area contributed by atoms with Crippen LogP contribution in [0.3, 0.4) is 0 Å². The molecule has 2 aromatic carbocycles. The quantitative estimate of drug-likeness (QED) is 0.0896. The first-order valence-corrected chi connectivity index (χ1v) is 12.8. The summed E-state index contributed by atoms with van der Waals surface area (Å²) >= 11 is 0. The standard InChI is InChI=1S/C28H36N8O3/c1-4-5-10-32-27(38)21-11-20(12-22(29)13-21)23-15-34-26(35-17(2)3)28(39)36(23)16-24(37)33-14-18-6-8-19(9-7-18)25(30)31/h6-9,11-13,15,17H,4-5,10,14,16,29H2,1-3H3,(H3,30,31)(H,32,38)(H,33,37)(H,34,35). The molecule has 1 heterocycles. The number of amides is 2. The Bertz CT molecular complexity index is 1400. The lowest BCUT2D eigenvalue weighted by atomic mass is 10.1. The van der Waals surface area contributed by atoms with Gasteiger partial charge >= 0.3 is 0 Å². The first-order valence-electron chi connectivity index (χ1n) is 12.8. The van der Waals surface area contributed by atoms with Crippen LogP contribution in [0.4, 0.5) is 11.5 Å². The summed E-state index contributed by atoms with van der Waals surface area (Å²) in [6.45, 7) is 6.29. The molecule has 0 saturated carbocycles. The van der Waals surface area contributed by atoms with Gasteiger partial charge in [0.2, 0.25) is 5.91 Å². The van der Waals surface area contributed by atoms with Crippen molar-refractivity contribution in [2.24, 2.45) is 5.73 Å². The van der Waals surface area contributed by atoms with Crippen LogP contribution in [0.5, 0.6) is 0 Å². The van der Waals surface area contributed by atoms with Gasteiger partial charge in [-0.05, 0) is 44.0 Å². The molecule has 0 radical (unpaired) electrons. The summed E-state index contributed by atoms with van der Waals surface area (Å²) in [6.07, 6.45) is 3.29. The number of rotatable bonds is 12. The summed E-state index contributed by atoms with van der Waals surface area (Å²) < 4.78 is 1.32. The number of nitrogen functional groups attached to an aromatic ring is 2. The Morgan fingerprint density at radius 1 is 1.08 bits per heavy atom. The Balaban J connectivity index is 1.91. The highest BCUT2D eigenvalue weighted by Crippen LogP contribution is 2.23. The van der Waals surface area contributed by atoms with E-state index < -0.39 is 11.5 Å². The third kappa shape index (κ3) is 7.91. The van der Waals surface area contributed by atoms with Gasteiger partial charge in [-0.15, -0.1) is 0 Å². The lowest BCUT2D eigenvalue weighted by Gasteiger charge is -2.17. The van der Waals surface area contributed by atoms with Crippen LogP contribution in [-0.2, 0) is 17.9 Å². The van der Waals surface area contributed by atoms with E-state index in [9.17, 15) is 14.4 Å². The van der Waals surface area contributed by atoms with E-state index >= 15 is 0 Å². The minimum absolute atomic E-state index is 0.0378. The molecule has 0 bridgehead atoms. The maximum Gasteiger partial charge on any atom is 0.294 e. The average Bonchev–Trinajstić information content (AvgIpc) is 2.89. The van der Waals surface area contributed by atoms with Crippen LogP contribution >= 0.6 is 0 Å². The Kier molecular flexibility index (Phi) is 9.80. The van der Waals surface area contributed by atoms with Crippen molar-refractivity contribution in [2.45, 2.75) is 52.7 Å². The Hall–Kier alpha value is -4.67. The monoisotopic (exact) mass is 532 g/mol. The van der Waals surface area contributed by atoms with Gasteiger partial charge in [0.15, 0.2) is 5.82 Å². The maximum absolute atomic E-state index is 13.4. The van der Waals surface area contributed by atoms with Crippen LogP contribution < -0.4 is 33.0 Å². The molecule has 1 aromatic heterocycles. The number of carbonyl (C=O) groups is 2. The first kappa shape index (κ1) is 28.9. The van der Waals surface area contributed by atoms with E-state index in [0.717, 1.165) is 18.4 Å². The highest BCUT2D eigenvalue weighted by Gasteiger charge is 2.17. The van der Waals surface area contributed by atoms with Crippen LogP contribution in [0, 0.1) is 5.41 Å². The van der Waals surface area contributed by atoms with Crippen molar-refractivity contribution < 1.29 is 9.59 Å². The van der Waals surface area contributed by atoms with Gasteiger partial charge in [-0.2, -0.15) is 0 Å². The second kappa shape index (κ2) is 13.2. The van der Waals surface area contributed by atoms with Crippen LogP contribution in [0.1, 0.15) is 55.1 Å². The molecule has 3 rings (SSSR count). The van der Waals surface area contributed by atoms with Gasteiger partial charge < -0.3 is 27.4 Å². The van der Waals surface area contributed by atoms with Gasteiger partial charge in [0, 0.05) is 41.5 Å². The molecule has 11 heteroatoms. The predicted octanol–water partition coefficient (Wildman–Crippen LogP) is 2.44. The van der Waals surface area contributed by atoms with E-state index in [-0.39, 0.29) is 36.7 Å². The lowest BCUT2D eigenvalue weighted by Crippen LogP contribution is -2.35. The molecule has 0 aliphatic carbocycles. The molecule has 2 amide bonds. The fourth-order valence-corrected chi connectivity index (χ4v) is 3.86. The Morgan fingerprint density at radius 3 is 2.44 bits per heavy atom. The van der Waals surface area contributed by atoms with E-state index in [4.69, 9.17) is 16.9 Å². The Morgan fingerprint density at radius 2 is 1.79 bits per heavy atom. The molecule has 0 spiro atoms. The molecule has 0 atom stereocenters. The molecular weight excluding hydrogens is 496 g/mol. The van der Waals surface area contributed by atoms with Gasteiger partial charge in [0.25, 0.3) is 11.5 Å². The summed E-state index contributed by atoms with van der Waals surface area (Å²) in [5, 5.41) is 16.2. The number of hydrogen-bond donors (Lipinski definition) is 6. The van der Waals surface area contributed by atoms with E-state index in [1.807, 2.05) is 20.8 Å². The summed E-state index contributed by atoms with van der Waals surface area (Å²) in [6, 6.07) is 11.7. The predicted molar refractivity (Wildman–Crippen MR) is 154 cm³/mol. The van der Waals surface area contributed by atoms with E-state index in [2.05, 4.69) is 20.9 Å². The topological polar surface area (TPSA) is 181 Å². The zero-order chi connectivity index (χ0) is 28.5. The molecule has 11 nitrogen and oxygen atoms in total. The zero-order valence-electron chi connectivity index (χ0n) is 22.5.